The molecule has 1 aromatic rings. The summed E-state index contributed by atoms with van der Waals surface area (Å²) in [5.74, 6) is 0. The summed E-state index contributed by atoms with van der Waals surface area (Å²) in [7, 11) is 0. The van der Waals surface area contributed by atoms with Crippen LogP contribution in [0.25, 0.3) is 12.2 Å². The van der Waals surface area contributed by atoms with Gasteiger partial charge in [-0.05, 0) is 47.9 Å². The Morgan fingerprint density at radius 3 is 1.71 bits per heavy atom. The van der Waals surface area contributed by atoms with Crippen molar-refractivity contribution in [3.63, 3.8) is 0 Å². The predicted molar refractivity (Wildman–Crippen MR) is 61.2 cm³/mol. The van der Waals surface area contributed by atoms with E-state index in [9.17, 15) is 0 Å². The second-order valence-corrected chi connectivity index (χ2v) is 4.13. The molecule has 0 unspecified atom stereocenters. The van der Waals surface area contributed by atoms with Crippen LogP contribution in [0.15, 0.2) is 24.3 Å². The van der Waals surface area contributed by atoms with Crippen LogP contribution in [0.3, 0.4) is 0 Å². The molecule has 0 aliphatic heterocycles. The van der Waals surface area contributed by atoms with Gasteiger partial charge in [0.25, 0.3) is 0 Å². The van der Waals surface area contributed by atoms with Gasteiger partial charge in [-0.25, -0.2) is 0 Å². The molecule has 0 saturated heterocycles. The average Bonchev–Trinajstić information content (AvgIpc) is 2.26. The van der Waals surface area contributed by atoms with E-state index >= 15 is 0 Å². The van der Waals surface area contributed by atoms with Gasteiger partial charge in [0.1, 0.15) is 0 Å². The molecule has 3 rings (SSSR count). The first-order valence-electron chi connectivity index (χ1n) is 5.42. The zero-order valence-corrected chi connectivity index (χ0v) is 8.29. The smallest absolute Gasteiger partial charge is 0.0224 e. The Labute approximate surface area is 85.0 Å². The summed E-state index contributed by atoms with van der Waals surface area (Å²) in [4.78, 5) is 0. The van der Waals surface area contributed by atoms with E-state index in [2.05, 4.69) is 36.4 Å². The maximum Gasteiger partial charge on any atom is -0.0224 e. The third-order valence-corrected chi connectivity index (χ3v) is 3.16. The lowest BCUT2D eigenvalue weighted by atomic mass is 9.88. The van der Waals surface area contributed by atoms with E-state index in [-0.39, 0.29) is 0 Å². The van der Waals surface area contributed by atoms with Gasteiger partial charge in [0.15, 0.2) is 0 Å². The minimum absolute atomic E-state index is 1.20. The van der Waals surface area contributed by atoms with E-state index in [1.165, 1.54) is 47.9 Å². The summed E-state index contributed by atoms with van der Waals surface area (Å²) in [5, 5.41) is 0. The first-order chi connectivity index (χ1) is 6.93. The quantitative estimate of drug-likeness (QED) is 0.575. The summed E-state index contributed by atoms with van der Waals surface area (Å²) in [6.07, 6.45) is 14.0. The van der Waals surface area contributed by atoms with E-state index < -0.39 is 0 Å². The lowest BCUT2D eigenvalue weighted by molar-refractivity contribution is 0.953. The lowest BCUT2D eigenvalue weighted by Gasteiger charge is -2.17. The van der Waals surface area contributed by atoms with Crippen molar-refractivity contribution in [2.75, 3.05) is 0 Å². The molecule has 0 radical (unpaired) electrons. The Morgan fingerprint density at radius 2 is 1.21 bits per heavy atom. The molecule has 0 fully saturated rings. The maximum absolute atomic E-state index is 2.38. The highest BCUT2D eigenvalue weighted by Crippen LogP contribution is 2.27. The molecule has 0 saturated carbocycles. The van der Waals surface area contributed by atoms with Crippen LogP contribution in [0.1, 0.15) is 35.1 Å². The Bertz CT molecular complexity index is 380. The molecule has 0 heteroatoms. The number of hydrogen-bond donors (Lipinski definition) is 0. The fourth-order valence-electron chi connectivity index (χ4n) is 2.37. The Kier molecular flexibility index (Phi) is 1.80. The molecule has 0 nitrogen and oxygen atoms in total. The highest BCUT2D eigenvalue weighted by Gasteiger charge is 2.10. The molecular weight excluding hydrogens is 168 g/mol. The lowest BCUT2D eigenvalue weighted by Crippen LogP contribution is -2.00. The van der Waals surface area contributed by atoms with Crippen molar-refractivity contribution in [1.29, 1.82) is 0 Å². The normalized spacial score (nSPS) is 17.7. The standard InChI is InChI=1S/C14H14/c1-2-6-12-10-14-8-4-3-7-13(14)9-11(12)5-1/h1,4-5,8-10H,2-3,6-7H2. The molecule has 0 heterocycles. The van der Waals surface area contributed by atoms with Gasteiger partial charge in [-0.1, -0.05) is 36.4 Å². The number of fused-ring (bicyclic) bond motifs is 2. The van der Waals surface area contributed by atoms with Gasteiger partial charge in [-0.2, -0.15) is 0 Å². The zero-order valence-electron chi connectivity index (χ0n) is 8.29. The van der Waals surface area contributed by atoms with Gasteiger partial charge in [-0.15, -0.1) is 0 Å². The van der Waals surface area contributed by atoms with Crippen LogP contribution in [0.4, 0.5) is 0 Å². The fraction of sp³-hybridized carbons (Fsp3) is 0.286. The fourth-order valence-corrected chi connectivity index (χ4v) is 2.37. The average molecular weight is 182 g/mol. The minimum Gasteiger partial charge on any atom is -0.0836 e. The summed E-state index contributed by atoms with van der Waals surface area (Å²) < 4.78 is 0. The predicted octanol–water partition coefficient (Wildman–Crippen LogP) is 3.61. The summed E-state index contributed by atoms with van der Waals surface area (Å²) >= 11 is 0. The van der Waals surface area contributed by atoms with Crippen molar-refractivity contribution >= 4 is 12.2 Å². The number of benzene rings is 1. The van der Waals surface area contributed by atoms with Crippen LogP contribution in [-0.4, -0.2) is 0 Å². The van der Waals surface area contributed by atoms with Crippen molar-refractivity contribution in [2.45, 2.75) is 25.7 Å². The van der Waals surface area contributed by atoms with Crippen molar-refractivity contribution in [2.24, 2.45) is 0 Å². The van der Waals surface area contributed by atoms with Crippen LogP contribution >= 0.6 is 0 Å². The molecule has 70 valence electrons. The third kappa shape index (κ3) is 1.22. The highest BCUT2D eigenvalue weighted by atomic mass is 14.1. The van der Waals surface area contributed by atoms with E-state index in [0.717, 1.165) is 0 Å². The monoisotopic (exact) mass is 182 g/mol. The maximum atomic E-state index is 2.38. The van der Waals surface area contributed by atoms with Crippen molar-refractivity contribution in [3.05, 3.63) is 46.5 Å². The van der Waals surface area contributed by atoms with E-state index in [1.807, 2.05) is 0 Å². The largest absolute Gasteiger partial charge is 0.0836 e. The Morgan fingerprint density at radius 1 is 0.714 bits per heavy atom. The van der Waals surface area contributed by atoms with Gasteiger partial charge in [0.05, 0.1) is 0 Å². The van der Waals surface area contributed by atoms with E-state index in [1.54, 1.807) is 0 Å². The second kappa shape index (κ2) is 3.13. The number of aryl methyl sites for hydroxylation is 2. The highest BCUT2D eigenvalue weighted by molar-refractivity contribution is 5.65. The molecule has 14 heavy (non-hydrogen) atoms. The van der Waals surface area contributed by atoms with Crippen molar-refractivity contribution < 1.29 is 0 Å². The number of allylic oxidation sites excluding steroid dienone is 2. The molecule has 0 atom stereocenters. The van der Waals surface area contributed by atoms with Gasteiger partial charge < -0.3 is 0 Å². The van der Waals surface area contributed by atoms with Crippen molar-refractivity contribution in [3.8, 4) is 0 Å². The Balaban J connectivity index is 2.18. The third-order valence-electron chi connectivity index (χ3n) is 3.16. The zero-order chi connectivity index (χ0) is 9.38. The number of hydrogen-bond acceptors (Lipinski definition) is 0. The molecule has 0 spiro atoms. The van der Waals surface area contributed by atoms with Crippen molar-refractivity contribution in [1.82, 2.24) is 0 Å². The van der Waals surface area contributed by atoms with Crippen LogP contribution in [0, 0.1) is 0 Å². The van der Waals surface area contributed by atoms with Crippen LogP contribution < -0.4 is 0 Å². The van der Waals surface area contributed by atoms with Crippen LogP contribution in [0.2, 0.25) is 0 Å². The van der Waals surface area contributed by atoms with Gasteiger partial charge in [0.2, 0.25) is 0 Å². The molecule has 2 aliphatic carbocycles. The molecule has 2 aliphatic rings. The second-order valence-electron chi connectivity index (χ2n) is 4.13. The van der Waals surface area contributed by atoms with Gasteiger partial charge in [0, 0.05) is 0 Å². The molecule has 0 amide bonds. The summed E-state index contributed by atoms with van der Waals surface area (Å²) in [6.45, 7) is 0. The van der Waals surface area contributed by atoms with E-state index in [0.29, 0.717) is 0 Å². The molecule has 0 N–H and O–H groups in total. The molecule has 0 aromatic heterocycles. The molecular formula is C14H14. The topological polar surface area (TPSA) is 0 Å². The Hall–Kier alpha value is -1.30. The van der Waals surface area contributed by atoms with Crippen LogP contribution in [-0.2, 0) is 12.8 Å². The first-order valence-corrected chi connectivity index (χ1v) is 5.42. The first kappa shape index (κ1) is 8.05. The summed E-state index contributed by atoms with van der Waals surface area (Å²) in [6, 6.07) is 4.76. The minimum atomic E-state index is 1.20. The van der Waals surface area contributed by atoms with Crippen LogP contribution in [0.5, 0.6) is 0 Å². The van der Waals surface area contributed by atoms with E-state index in [4.69, 9.17) is 0 Å². The van der Waals surface area contributed by atoms with Gasteiger partial charge >= 0.3 is 0 Å². The summed E-state index contributed by atoms with van der Waals surface area (Å²) in [5.41, 5.74) is 5.95. The number of rotatable bonds is 0. The molecule has 0 bridgehead atoms. The van der Waals surface area contributed by atoms with Gasteiger partial charge in [-0.3, -0.25) is 0 Å². The molecule has 1 aromatic carbocycles. The SMILES string of the molecule is C1=Cc2cc3c(cc2CC1)C=CCC3.